The van der Waals surface area contributed by atoms with E-state index in [1.807, 2.05) is 53.4 Å². The predicted molar refractivity (Wildman–Crippen MR) is 118 cm³/mol. The molecule has 0 bridgehead atoms. The van der Waals surface area contributed by atoms with E-state index in [0.29, 0.717) is 49.2 Å². The van der Waals surface area contributed by atoms with Crippen LogP contribution in [0.2, 0.25) is 0 Å². The van der Waals surface area contributed by atoms with Crippen molar-refractivity contribution in [3.8, 4) is 16.9 Å². The number of rotatable bonds is 4. The molecule has 0 unspecified atom stereocenters. The second-order valence-corrected chi connectivity index (χ2v) is 7.36. The van der Waals surface area contributed by atoms with Gasteiger partial charge in [-0.25, -0.2) is 9.97 Å². The molecule has 0 spiro atoms. The molecule has 3 heterocycles. The van der Waals surface area contributed by atoms with Crippen molar-refractivity contribution in [1.82, 2.24) is 14.9 Å². The first-order valence-electron chi connectivity index (χ1n) is 10.2. The molecule has 2 aromatic heterocycles. The molecule has 31 heavy (non-hydrogen) atoms. The van der Waals surface area contributed by atoms with Crippen LogP contribution in [0.5, 0.6) is 5.75 Å². The number of hydrogen-bond acceptors (Lipinski definition) is 6. The standard InChI is InChI=1S/C24H22N4O3/c1-30-18-8-9-19-20(16-18)31-22(21(19)17-6-3-2-4-7-17)23(29)27-12-14-28(15-13-27)24-25-10-5-11-26-24/h2-11,16H,12-15H2,1H3. The summed E-state index contributed by atoms with van der Waals surface area (Å²) in [5.41, 5.74) is 2.40. The Balaban J connectivity index is 1.47. The third-order valence-electron chi connectivity index (χ3n) is 5.56. The van der Waals surface area contributed by atoms with Gasteiger partial charge in [-0.1, -0.05) is 30.3 Å². The normalized spacial score (nSPS) is 14.1. The van der Waals surface area contributed by atoms with E-state index < -0.39 is 0 Å². The number of amides is 1. The van der Waals surface area contributed by atoms with Gasteiger partial charge in [0.2, 0.25) is 11.7 Å². The Bertz CT molecular complexity index is 1200. The summed E-state index contributed by atoms with van der Waals surface area (Å²) in [6.45, 7) is 2.49. The monoisotopic (exact) mass is 414 g/mol. The Kier molecular flexibility index (Phi) is 5.00. The van der Waals surface area contributed by atoms with Crippen LogP contribution in [0.4, 0.5) is 5.95 Å². The van der Waals surface area contributed by atoms with Gasteiger partial charge < -0.3 is 19.0 Å². The summed E-state index contributed by atoms with van der Waals surface area (Å²) in [5, 5.41) is 0.895. The molecular formula is C24H22N4O3. The average Bonchev–Trinajstić information content (AvgIpc) is 3.23. The number of anilines is 1. The van der Waals surface area contributed by atoms with E-state index in [0.717, 1.165) is 16.5 Å². The lowest BCUT2D eigenvalue weighted by molar-refractivity contribution is 0.0717. The van der Waals surface area contributed by atoms with Crippen molar-refractivity contribution in [2.45, 2.75) is 0 Å². The van der Waals surface area contributed by atoms with E-state index in [1.54, 1.807) is 25.6 Å². The van der Waals surface area contributed by atoms with Gasteiger partial charge in [-0.3, -0.25) is 4.79 Å². The van der Waals surface area contributed by atoms with Crippen molar-refractivity contribution in [3.63, 3.8) is 0 Å². The summed E-state index contributed by atoms with van der Waals surface area (Å²) in [6.07, 6.45) is 3.46. The Morgan fingerprint density at radius 1 is 0.968 bits per heavy atom. The maximum atomic E-state index is 13.5. The summed E-state index contributed by atoms with van der Waals surface area (Å²) < 4.78 is 11.4. The fraction of sp³-hybridized carbons (Fsp3) is 0.208. The zero-order valence-electron chi connectivity index (χ0n) is 17.2. The molecule has 5 rings (SSSR count). The molecule has 4 aromatic rings. The summed E-state index contributed by atoms with van der Waals surface area (Å²) in [6, 6.07) is 17.3. The number of benzene rings is 2. The highest BCUT2D eigenvalue weighted by molar-refractivity contribution is 6.08. The number of carbonyl (C=O) groups is 1. The number of methoxy groups -OCH3 is 1. The van der Waals surface area contributed by atoms with E-state index in [2.05, 4.69) is 14.9 Å². The molecule has 1 amide bonds. The third kappa shape index (κ3) is 3.59. The van der Waals surface area contributed by atoms with Gasteiger partial charge in [0.1, 0.15) is 11.3 Å². The van der Waals surface area contributed by atoms with E-state index in [1.165, 1.54) is 0 Å². The van der Waals surface area contributed by atoms with E-state index in [4.69, 9.17) is 9.15 Å². The van der Waals surface area contributed by atoms with Crippen LogP contribution in [0, 0.1) is 0 Å². The quantitative estimate of drug-likeness (QED) is 0.505. The topological polar surface area (TPSA) is 71.7 Å². The first-order valence-corrected chi connectivity index (χ1v) is 10.2. The Hall–Kier alpha value is -3.87. The lowest BCUT2D eigenvalue weighted by atomic mass is 10.0. The minimum Gasteiger partial charge on any atom is -0.497 e. The van der Waals surface area contributed by atoms with Crippen molar-refractivity contribution in [2.24, 2.45) is 0 Å². The predicted octanol–water partition coefficient (Wildman–Crippen LogP) is 3.86. The van der Waals surface area contributed by atoms with Gasteiger partial charge in [0.05, 0.1) is 7.11 Å². The molecule has 1 aliphatic heterocycles. The highest BCUT2D eigenvalue weighted by Crippen LogP contribution is 2.37. The fourth-order valence-electron chi connectivity index (χ4n) is 3.95. The summed E-state index contributed by atoms with van der Waals surface area (Å²) in [4.78, 5) is 26.1. The molecule has 156 valence electrons. The molecule has 1 saturated heterocycles. The van der Waals surface area contributed by atoms with Crippen LogP contribution in [-0.2, 0) is 0 Å². The largest absolute Gasteiger partial charge is 0.497 e. The van der Waals surface area contributed by atoms with Gasteiger partial charge in [0.25, 0.3) is 5.91 Å². The van der Waals surface area contributed by atoms with Gasteiger partial charge in [-0.05, 0) is 23.8 Å². The summed E-state index contributed by atoms with van der Waals surface area (Å²) >= 11 is 0. The minimum absolute atomic E-state index is 0.109. The molecule has 0 aliphatic carbocycles. The lowest BCUT2D eigenvalue weighted by Crippen LogP contribution is -2.49. The van der Waals surface area contributed by atoms with Gasteiger partial charge in [0, 0.05) is 55.6 Å². The molecule has 1 fully saturated rings. The second kappa shape index (κ2) is 8.10. The van der Waals surface area contributed by atoms with Gasteiger partial charge >= 0.3 is 0 Å². The highest BCUT2D eigenvalue weighted by atomic mass is 16.5. The molecular weight excluding hydrogens is 392 g/mol. The van der Waals surface area contributed by atoms with Crippen molar-refractivity contribution < 1.29 is 13.9 Å². The number of ether oxygens (including phenoxy) is 1. The first-order chi connectivity index (χ1) is 15.2. The van der Waals surface area contributed by atoms with Crippen LogP contribution >= 0.6 is 0 Å². The average molecular weight is 414 g/mol. The first kappa shape index (κ1) is 19.1. The van der Waals surface area contributed by atoms with Crippen LogP contribution in [-0.4, -0.2) is 54.1 Å². The van der Waals surface area contributed by atoms with E-state index in [-0.39, 0.29) is 5.91 Å². The molecule has 2 aromatic carbocycles. The van der Waals surface area contributed by atoms with Crippen molar-refractivity contribution in [2.75, 3.05) is 38.2 Å². The maximum absolute atomic E-state index is 13.5. The van der Waals surface area contributed by atoms with E-state index >= 15 is 0 Å². The lowest BCUT2D eigenvalue weighted by Gasteiger charge is -2.34. The third-order valence-corrected chi connectivity index (χ3v) is 5.56. The Morgan fingerprint density at radius 2 is 1.71 bits per heavy atom. The number of hydrogen-bond donors (Lipinski definition) is 0. The second-order valence-electron chi connectivity index (χ2n) is 7.36. The van der Waals surface area contributed by atoms with Crippen molar-refractivity contribution in [1.29, 1.82) is 0 Å². The fourth-order valence-corrected chi connectivity index (χ4v) is 3.95. The van der Waals surface area contributed by atoms with Crippen molar-refractivity contribution >= 4 is 22.8 Å². The number of aromatic nitrogens is 2. The van der Waals surface area contributed by atoms with Crippen molar-refractivity contribution in [3.05, 3.63) is 72.8 Å². The van der Waals surface area contributed by atoms with Gasteiger partial charge in [-0.2, -0.15) is 0 Å². The smallest absolute Gasteiger partial charge is 0.290 e. The molecule has 7 heteroatoms. The van der Waals surface area contributed by atoms with E-state index in [9.17, 15) is 4.79 Å². The van der Waals surface area contributed by atoms with Gasteiger partial charge in [0.15, 0.2) is 0 Å². The van der Waals surface area contributed by atoms with Crippen LogP contribution in [0.25, 0.3) is 22.1 Å². The molecule has 0 atom stereocenters. The van der Waals surface area contributed by atoms with Crippen LogP contribution in [0.15, 0.2) is 71.4 Å². The minimum atomic E-state index is -0.109. The zero-order chi connectivity index (χ0) is 21.2. The Labute approximate surface area is 179 Å². The molecule has 1 aliphatic rings. The molecule has 7 nitrogen and oxygen atoms in total. The number of fused-ring (bicyclic) bond motifs is 1. The molecule has 0 radical (unpaired) electrons. The SMILES string of the molecule is COc1ccc2c(-c3ccccc3)c(C(=O)N3CCN(c4ncccn4)CC3)oc2c1. The molecule has 0 N–H and O–H groups in total. The van der Waals surface area contributed by atoms with Crippen LogP contribution < -0.4 is 9.64 Å². The van der Waals surface area contributed by atoms with Crippen LogP contribution in [0.1, 0.15) is 10.6 Å². The number of carbonyl (C=O) groups excluding carboxylic acids is 1. The maximum Gasteiger partial charge on any atom is 0.290 e. The highest BCUT2D eigenvalue weighted by Gasteiger charge is 2.29. The zero-order valence-corrected chi connectivity index (χ0v) is 17.2. The number of nitrogens with zero attached hydrogens (tertiary/aromatic N) is 4. The van der Waals surface area contributed by atoms with Crippen LogP contribution in [0.3, 0.4) is 0 Å². The summed E-state index contributed by atoms with van der Waals surface area (Å²) in [7, 11) is 1.62. The summed E-state index contributed by atoms with van der Waals surface area (Å²) in [5.74, 6) is 1.63. The molecule has 0 saturated carbocycles. The number of piperazine rings is 1. The Morgan fingerprint density at radius 3 is 2.42 bits per heavy atom. The number of furan rings is 1. The van der Waals surface area contributed by atoms with Gasteiger partial charge in [-0.15, -0.1) is 0 Å².